The molecule has 0 saturated carbocycles. The highest BCUT2D eigenvalue weighted by atomic mass is 32.1. The molecule has 0 saturated heterocycles. The number of halogens is 1. The Morgan fingerprint density at radius 1 is 1.53 bits per heavy atom. The van der Waals surface area contributed by atoms with Crippen LogP contribution in [0.25, 0.3) is 5.83 Å². The standard InChI is InChI=1S/C11H8FNOS/c1-8(12)10-5-3-2-4-9(10)6-11(14)13-7-15/h2-5H,1,6H2. The predicted molar refractivity (Wildman–Crippen MR) is 60.3 cm³/mol. The van der Waals surface area contributed by atoms with Crippen LogP contribution in [0.3, 0.4) is 0 Å². The summed E-state index contributed by atoms with van der Waals surface area (Å²) in [6.45, 7) is 3.19. The minimum Gasteiger partial charge on any atom is -0.271 e. The first-order valence-electron chi connectivity index (χ1n) is 4.18. The number of aliphatic imine (C=N–C) groups is 1. The molecule has 2 nitrogen and oxygen atoms in total. The van der Waals surface area contributed by atoms with Crippen LogP contribution in [0.5, 0.6) is 0 Å². The maximum atomic E-state index is 13.0. The molecule has 0 N–H and O–H groups in total. The van der Waals surface area contributed by atoms with Crippen molar-refractivity contribution in [2.45, 2.75) is 6.42 Å². The number of hydrogen-bond donors (Lipinski definition) is 0. The molecule has 15 heavy (non-hydrogen) atoms. The lowest BCUT2D eigenvalue weighted by Gasteiger charge is -2.03. The quantitative estimate of drug-likeness (QED) is 0.580. The SMILES string of the molecule is C=C(F)c1ccccc1CC(=O)N=C=S. The predicted octanol–water partition coefficient (Wildman–Crippen LogP) is 2.80. The van der Waals surface area contributed by atoms with Crippen molar-refractivity contribution < 1.29 is 9.18 Å². The van der Waals surface area contributed by atoms with Crippen LogP contribution in [0.2, 0.25) is 0 Å². The Morgan fingerprint density at radius 2 is 2.20 bits per heavy atom. The van der Waals surface area contributed by atoms with Crippen molar-refractivity contribution in [1.82, 2.24) is 0 Å². The minimum absolute atomic E-state index is 0.00273. The first-order chi connectivity index (χ1) is 7.15. The summed E-state index contributed by atoms with van der Waals surface area (Å²) >= 11 is 4.30. The fourth-order valence-electron chi connectivity index (χ4n) is 1.19. The van der Waals surface area contributed by atoms with E-state index in [9.17, 15) is 9.18 Å². The highest BCUT2D eigenvalue weighted by Gasteiger charge is 2.08. The second-order valence-corrected chi connectivity index (χ2v) is 3.02. The summed E-state index contributed by atoms with van der Waals surface area (Å²) in [5.74, 6) is -1.01. The lowest BCUT2D eigenvalue weighted by Crippen LogP contribution is -2.00. The van der Waals surface area contributed by atoms with Gasteiger partial charge in [0, 0.05) is 5.56 Å². The van der Waals surface area contributed by atoms with Gasteiger partial charge in [-0.1, -0.05) is 30.8 Å². The third-order valence-corrected chi connectivity index (χ3v) is 1.91. The first-order valence-corrected chi connectivity index (χ1v) is 4.59. The van der Waals surface area contributed by atoms with E-state index in [-0.39, 0.29) is 6.42 Å². The normalized spacial score (nSPS) is 9.13. The van der Waals surface area contributed by atoms with Crippen LogP contribution in [-0.4, -0.2) is 11.1 Å². The van der Waals surface area contributed by atoms with Gasteiger partial charge in [0.25, 0.3) is 5.91 Å². The molecule has 0 atom stereocenters. The molecule has 1 amide bonds. The van der Waals surface area contributed by atoms with E-state index < -0.39 is 11.7 Å². The number of carbonyl (C=O) groups is 1. The molecule has 76 valence electrons. The zero-order chi connectivity index (χ0) is 11.3. The molecule has 0 aliphatic rings. The van der Waals surface area contributed by atoms with E-state index in [4.69, 9.17) is 0 Å². The third-order valence-electron chi connectivity index (χ3n) is 1.82. The molecular weight excluding hydrogens is 213 g/mol. The Balaban J connectivity index is 2.99. The van der Waals surface area contributed by atoms with Crippen molar-refractivity contribution in [3.63, 3.8) is 0 Å². The summed E-state index contributed by atoms with van der Waals surface area (Å²) in [4.78, 5) is 14.4. The number of isothiocyanates is 1. The lowest BCUT2D eigenvalue weighted by molar-refractivity contribution is -0.117. The lowest BCUT2D eigenvalue weighted by atomic mass is 10.0. The van der Waals surface area contributed by atoms with E-state index in [0.717, 1.165) is 0 Å². The van der Waals surface area contributed by atoms with Gasteiger partial charge >= 0.3 is 0 Å². The molecule has 0 bridgehead atoms. The van der Waals surface area contributed by atoms with Crippen LogP contribution >= 0.6 is 12.2 Å². The van der Waals surface area contributed by atoms with Gasteiger partial charge in [-0.15, -0.1) is 0 Å². The Hall–Kier alpha value is -1.64. The van der Waals surface area contributed by atoms with Crippen molar-refractivity contribution in [3.8, 4) is 0 Å². The van der Waals surface area contributed by atoms with Crippen LogP contribution in [0, 0.1) is 0 Å². The highest BCUT2D eigenvalue weighted by Crippen LogP contribution is 2.19. The summed E-state index contributed by atoms with van der Waals surface area (Å²) in [5.41, 5.74) is 0.870. The van der Waals surface area contributed by atoms with E-state index in [1.807, 2.05) is 5.16 Å². The van der Waals surface area contributed by atoms with Crippen molar-refractivity contribution in [3.05, 3.63) is 42.0 Å². The van der Waals surface area contributed by atoms with Gasteiger partial charge in [-0.2, -0.15) is 4.99 Å². The Kier molecular flexibility index (Phi) is 4.03. The summed E-state index contributed by atoms with van der Waals surface area (Å²) in [6, 6.07) is 6.61. The average Bonchev–Trinajstić information content (AvgIpc) is 2.18. The number of nitrogens with zero attached hydrogens (tertiary/aromatic N) is 1. The number of hydrogen-bond acceptors (Lipinski definition) is 2. The van der Waals surface area contributed by atoms with Crippen molar-refractivity contribution in [2.24, 2.45) is 4.99 Å². The second-order valence-electron chi connectivity index (χ2n) is 2.84. The molecule has 0 heterocycles. The number of benzene rings is 1. The second kappa shape index (κ2) is 5.29. The molecule has 0 unspecified atom stereocenters. The van der Waals surface area contributed by atoms with Crippen LogP contribution < -0.4 is 0 Å². The maximum absolute atomic E-state index is 13.0. The van der Waals surface area contributed by atoms with Gasteiger partial charge in [0.15, 0.2) is 0 Å². The summed E-state index contributed by atoms with van der Waals surface area (Å²) < 4.78 is 13.0. The van der Waals surface area contributed by atoms with Gasteiger partial charge in [0.1, 0.15) is 5.83 Å². The van der Waals surface area contributed by atoms with Gasteiger partial charge in [-0.3, -0.25) is 4.79 Å². The Bertz CT molecular complexity index is 450. The molecule has 0 fully saturated rings. The first kappa shape index (κ1) is 11.4. The number of carbonyl (C=O) groups excluding carboxylic acids is 1. The van der Waals surface area contributed by atoms with Crippen molar-refractivity contribution in [2.75, 3.05) is 0 Å². The molecule has 1 aromatic rings. The van der Waals surface area contributed by atoms with E-state index in [0.29, 0.717) is 11.1 Å². The fourth-order valence-corrected chi connectivity index (χ4v) is 1.29. The van der Waals surface area contributed by atoms with E-state index in [1.54, 1.807) is 24.3 Å². The number of amides is 1. The van der Waals surface area contributed by atoms with Crippen LogP contribution in [0.1, 0.15) is 11.1 Å². The zero-order valence-corrected chi connectivity index (χ0v) is 8.68. The summed E-state index contributed by atoms with van der Waals surface area (Å²) in [5, 5.41) is 1.98. The van der Waals surface area contributed by atoms with E-state index in [1.165, 1.54) is 0 Å². The molecular formula is C11H8FNOS. The Labute approximate surface area is 92.1 Å². The molecule has 0 aromatic heterocycles. The van der Waals surface area contributed by atoms with Gasteiger partial charge in [-0.05, 0) is 17.8 Å². The average molecular weight is 221 g/mol. The van der Waals surface area contributed by atoms with E-state index in [2.05, 4.69) is 23.8 Å². The van der Waals surface area contributed by atoms with Gasteiger partial charge in [-0.25, -0.2) is 4.39 Å². The fraction of sp³-hybridized carbons (Fsp3) is 0.0909. The molecule has 1 rings (SSSR count). The smallest absolute Gasteiger partial charge is 0.258 e. The number of thiocarbonyl (C=S) groups is 1. The number of rotatable bonds is 3. The van der Waals surface area contributed by atoms with Crippen LogP contribution in [0.15, 0.2) is 35.8 Å². The summed E-state index contributed by atoms with van der Waals surface area (Å²) in [6.07, 6.45) is 0.00273. The molecule has 4 heteroatoms. The zero-order valence-electron chi connectivity index (χ0n) is 7.87. The van der Waals surface area contributed by atoms with Crippen LogP contribution in [-0.2, 0) is 11.2 Å². The van der Waals surface area contributed by atoms with Gasteiger partial charge in [0.05, 0.1) is 11.6 Å². The largest absolute Gasteiger partial charge is 0.271 e. The van der Waals surface area contributed by atoms with Crippen molar-refractivity contribution in [1.29, 1.82) is 0 Å². The molecule has 0 spiro atoms. The summed E-state index contributed by atoms with van der Waals surface area (Å²) in [7, 11) is 0. The molecule has 1 aromatic carbocycles. The monoisotopic (exact) mass is 221 g/mol. The molecule has 0 aliphatic carbocycles. The van der Waals surface area contributed by atoms with Gasteiger partial charge < -0.3 is 0 Å². The minimum atomic E-state index is -0.565. The third kappa shape index (κ3) is 3.20. The van der Waals surface area contributed by atoms with E-state index >= 15 is 0 Å². The molecule has 0 aliphatic heterocycles. The topological polar surface area (TPSA) is 29.4 Å². The molecule has 0 radical (unpaired) electrons. The maximum Gasteiger partial charge on any atom is 0.258 e. The van der Waals surface area contributed by atoms with Gasteiger partial charge in [0.2, 0.25) is 0 Å². The van der Waals surface area contributed by atoms with Crippen molar-refractivity contribution >= 4 is 29.1 Å². The Morgan fingerprint density at radius 3 is 2.80 bits per heavy atom. The van der Waals surface area contributed by atoms with Crippen LogP contribution in [0.4, 0.5) is 4.39 Å². The highest BCUT2D eigenvalue weighted by molar-refractivity contribution is 7.78.